The molecular formula is C13H10ClF2NO4S2. The molecule has 10 heteroatoms. The average Bonchev–Trinajstić information content (AvgIpc) is 2.42. The van der Waals surface area contributed by atoms with Crippen LogP contribution in [0.5, 0.6) is 0 Å². The van der Waals surface area contributed by atoms with Crippen LogP contribution in [0, 0.1) is 11.6 Å². The number of rotatable bonds is 4. The lowest BCUT2D eigenvalue weighted by Gasteiger charge is -2.12. The number of nitrogens with one attached hydrogen (secondary N) is 1. The maximum absolute atomic E-state index is 13.6. The van der Waals surface area contributed by atoms with E-state index in [1.165, 1.54) is 0 Å². The number of sulfonamides is 1. The number of hydrogen-bond donors (Lipinski definition) is 1. The van der Waals surface area contributed by atoms with Gasteiger partial charge in [0.15, 0.2) is 9.84 Å². The zero-order valence-electron chi connectivity index (χ0n) is 11.5. The second kappa shape index (κ2) is 6.06. The fraction of sp³-hybridized carbons (Fsp3) is 0.0769. The third kappa shape index (κ3) is 3.80. The van der Waals surface area contributed by atoms with E-state index in [0.717, 1.165) is 42.7 Å². The van der Waals surface area contributed by atoms with Crippen molar-refractivity contribution >= 4 is 37.1 Å². The summed E-state index contributed by atoms with van der Waals surface area (Å²) in [4.78, 5) is -0.902. The van der Waals surface area contributed by atoms with Gasteiger partial charge in [0, 0.05) is 6.26 Å². The van der Waals surface area contributed by atoms with E-state index < -0.39 is 42.1 Å². The maximum atomic E-state index is 13.6. The molecule has 5 nitrogen and oxygen atoms in total. The summed E-state index contributed by atoms with van der Waals surface area (Å²) in [5.41, 5.74) is -0.881. The van der Waals surface area contributed by atoms with Crippen LogP contribution in [0.3, 0.4) is 0 Å². The number of benzene rings is 2. The van der Waals surface area contributed by atoms with Crippen molar-refractivity contribution in [1.82, 2.24) is 0 Å². The minimum Gasteiger partial charge on any atom is -0.274 e. The number of hydrogen-bond acceptors (Lipinski definition) is 4. The van der Waals surface area contributed by atoms with Crippen molar-refractivity contribution in [3.05, 3.63) is 53.1 Å². The smallest absolute Gasteiger partial charge is 0.263 e. The predicted octanol–water partition coefficient (Wildman–Crippen LogP) is 2.82. The first-order valence-corrected chi connectivity index (χ1v) is 9.74. The van der Waals surface area contributed by atoms with Crippen LogP contribution in [-0.4, -0.2) is 23.1 Å². The molecule has 2 aromatic rings. The van der Waals surface area contributed by atoms with Crippen molar-refractivity contribution in [2.45, 2.75) is 9.79 Å². The highest BCUT2D eigenvalue weighted by molar-refractivity contribution is 7.93. The molecule has 0 spiro atoms. The lowest BCUT2D eigenvalue weighted by atomic mass is 10.3. The molecule has 1 N–H and O–H groups in total. The van der Waals surface area contributed by atoms with Crippen LogP contribution in [0.1, 0.15) is 0 Å². The van der Waals surface area contributed by atoms with Crippen LogP contribution in [0.25, 0.3) is 0 Å². The third-order valence-electron chi connectivity index (χ3n) is 2.82. The molecule has 0 amide bonds. The summed E-state index contributed by atoms with van der Waals surface area (Å²) in [6, 6.07) is 5.83. The van der Waals surface area contributed by atoms with Gasteiger partial charge in [-0.25, -0.2) is 25.6 Å². The molecule has 0 aromatic heterocycles. The lowest BCUT2D eigenvalue weighted by Crippen LogP contribution is -2.16. The van der Waals surface area contributed by atoms with Crippen molar-refractivity contribution in [3.8, 4) is 0 Å². The second-order valence-electron chi connectivity index (χ2n) is 4.57. The highest BCUT2D eigenvalue weighted by Crippen LogP contribution is 2.28. The van der Waals surface area contributed by atoms with E-state index in [-0.39, 0.29) is 9.92 Å². The Morgan fingerprint density at radius 3 is 2.09 bits per heavy atom. The molecule has 0 aliphatic heterocycles. The van der Waals surface area contributed by atoms with Gasteiger partial charge in [-0.1, -0.05) is 17.7 Å². The first-order chi connectivity index (χ1) is 10.5. The Bertz CT molecular complexity index is 955. The van der Waals surface area contributed by atoms with Crippen molar-refractivity contribution < 1.29 is 25.6 Å². The standard InChI is InChI=1S/C13H10ClF2NO4S2/c1-22(18,19)8-5-6-9(14)12(7-8)23(20,21)17-13-10(15)3-2-4-11(13)16/h2-7,17H,1H3. The Morgan fingerprint density at radius 2 is 1.57 bits per heavy atom. The van der Waals surface area contributed by atoms with Crippen LogP contribution < -0.4 is 4.72 Å². The topological polar surface area (TPSA) is 80.3 Å². The first kappa shape index (κ1) is 17.6. The Kier molecular flexibility index (Phi) is 4.65. The Hall–Kier alpha value is -1.71. The van der Waals surface area contributed by atoms with E-state index in [9.17, 15) is 25.6 Å². The highest BCUT2D eigenvalue weighted by atomic mass is 35.5. The lowest BCUT2D eigenvalue weighted by molar-refractivity contribution is 0.582. The average molecular weight is 382 g/mol. The summed E-state index contributed by atoms with van der Waals surface area (Å²) in [7, 11) is -8.19. The summed E-state index contributed by atoms with van der Waals surface area (Å²) in [6.07, 6.45) is 0.886. The first-order valence-electron chi connectivity index (χ1n) is 5.99. The summed E-state index contributed by atoms with van der Waals surface area (Å²) >= 11 is 5.78. The molecule has 124 valence electrons. The summed E-state index contributed by atoms with van der Waals surface area (Å²) in [5.74, 6) is -2.24. The van der Waals surface area contributed by atoms with Gasteiger partial charge in [0.25, 0.3) is 10.0 Å². The summed E-state index contributed by atoms with van der Waals surface area (Å²) in [6.45, 7) is 0. The number of halogens is 3. The minimum absolute atomic E-state index is 0.290. The SMILES string of the molecule is CS(=O)(=O)c1ccc(Cl)c(S(=O)(=O)Nc2c(F)cccc2F)c1. The maximum Gasteiger partial charge on any atom is 0.263 e. The molecule has 0 radical (unpaired) electrons. The van der Waals surface area contributed by atoms with Crippen LogP contribution in [0.15, 0.2) is 46.2 Å². The van der Waals surface area contributed by atoms with Gasteiger partial charge in [0.2, 0.25) is 0 Å². The molecule has 0 bridgehead atoms. The van der Waals surface area contributed by atoms with Crippen molar-refractivity contribution in [3.63, 3.8) is 0 Å². The van der Waals surface area contributed by atoms with Crippen molar-refractivity contribution in [1.29, 1.82) is 0 Å². The van der Waals surface area contributed by atoms with Crippen molar-refractivity contribution in [2.24, 2.45) is 0 Å². The molecule has 23 heavy (non-hydrogen) atoms. The number of anilines is 1. The molecular weight excluding hydrogens is 372 g/mol. The molecule has 0 unspecified atom stereocenters. The van der Waals surface area contributed by atoms with E-state index >= 15 is 0 Å². The Labute approximate surface area is 136 Å². The highest BCUT2D eigenvalue weighted by Gasteiger charge is 2.23. The van der Waals surface area contributed by atoms with E-state index in [0.29, 0.717) is 0 Å². The molecule has 0 saturated carbocycles. The normalized spacial score (nSPS) is 12.2. The fourth-order valence-electron chi connectivity index (χ4n) is 1.70. The monoisotopic (exact) mass is 381 g/mol. The van der Waals surface area contributed by atoms with E-state index in [1.807, 2.05) is 0 Å². The Morgan fingerprint density at radius 1 is 1.00 bits per heavy atom. The largest absolute Gasteiger partial charge is 0.274 e. The van der Waals surface area contributed by atoms with Gasteiger partial charge >= 0.3 is 0 Å². The van der Waals surface area contributed by atoms with E-state index in [4.69, 9.17) is 11.6 Å². The molecule has 0 aliphatic rings. The summed E-state index contributed by atoms with van der Waals surface area (Å²) in [5, 5.41) is -0.290. The van der Waals surface area contributed by atoms with Gasteiger partial charge in [-0.15, -0.1) is 0 Å². The van der Waals surface area contributed by atoms with Crippen LogP contribution in [0.4, 0.5) is 14.5 Å². The fourth-order valence-corrected chi connectivity index (χ4v) is 4.03. The Balaban J connectivity index is 2.57. The molecule has 0 fully saturated rings. The summed E-state index contributed by atoms with van der Waals surface area (Å²) < 4.78 is 76.5. The van der Waals surface area contributed by atoms with Gasteiger partial charge < -0.3 is 0 Å². The molecule has 2 aromatic carbocycles. The molecule has 0 atom stereocenters. The van der Waals surface area contributed by atoms with Crippen LogP contribution >= 0.6 is 11.6 Å². The zero-order chi connectivity index (χ0) is 17.4. The molecule has 2 rings (SSSR count). The number of sulfone groups is 1. The third-order valence-corrected chi connectivity index (χ3v) is 5.76. The zero-order valence-corrected chi connectivity index (χ0v) is 13.9. The molecule has 0 heterocycles. The quantitative estimate of drug-likeness (QED) is 0.883. The van der Waals surface area contributed by atoms with E-state index in [1.54, 1.807) is 4.72 Å². The minimum atomic E-state index is -4.50. The van der Waals surface area contributed by atoms with Gasteiger partial charge in [-0.3, -0.25) is 4.72 Å². The van der Waals surface area contributed by atoms with Gasteiger partial charge in [0.1, 0.15) is 22.2 Å². The molecule has 0 saturated heterocycles. The number of para-hydroxylation sites is 1. The van der Waals surface area contributed by atoms with Crippen molar-refractivity contribution in [2.75, 3.05) is 11.0 Å². The van der Waals surface area contributed by atoms with Crippen LogP contribution in [-0.2, 0) is 19.9 Å². The molecule has 0 aliphatic carbocycles. The van der Waals surface area contributed by atoms with E-state index in [2.05, 4.69) is 0 Å². The van der Waals surface area contributed by atoms with Gasteiger partial charge in [-0.2, -0.15) is 0 Å². The van der Waals surface area contributed by atoms with Gasteiger partial charge in [-0.05, 0) is 30.3 Å². The van der Waals surface area contributed by atoms with Crippen LogP contribution in [0.2, 0.25) is 5.02 Å². The second-order valence-corrected chi connectivity index (χ2v) is 8.64. The van der Waals surface area contributed by atoms with Gasteiger partial charge in [0.05, 0.1) is 9.92 Å². The predicted molar refractivity (Wildman–Crippen MR) is 81.7 cm³/mol.